The fourth-order valence-electron chi connectivity index (χ4n) is 2.92. The molecule has 0 aliphatic carbocycles. The summed E-state index contributed by atoms with van der Waals surface area (Å²) in [6.45, 7) is 4.61. The molecule has 1 saturated heterocycles. The normalized spacial score (nSPS) is 26.0. The quantitative estimate of drug-likeness (QED) is 0.522. The Kier molecular flexibility index (Phi) is 4.70. The van der Waals surface area contributed by atoms with Crippen molar-refractivity contribution < 1.29 is 24.8 Å². The maximum atomic E-state index is 3.66. The van der Waals surface area contributed by atoms with Crippen molar-refractivity contribution in [2.75, 3.05) is 25.5 Å². The molecule has 2 atom stereocenters. The number of hydrogen-bond acceptors (Lipinski definition) is 2. The molecular weight excluding hydrogens is 255 g/mol. The zero-order chi connectivity index (χ0) is 10.4. The molecule has 2 unspecified atom stereocenters. The Balaban J connectivity index is 0.000000722. The molecule has 1 fully saturated rings. The number of aryl methyl sites for hydroxylation is 1. The van der Waals surface area contributed by atoms with E-state index in [1.54, 1.807) is 0 Å². The van der Waals surface area contributed by atoms with Crippen LogP contribution in [0.4, 0.5) is 5.69 Å². The Labute approximate surface area is 116 Å². The van der Waals surface area contributed by atoms with Gasteiger partial charge < -0.3 is 35.0 Å². The summed E-state index contributed by atoms with van der Waals surface area (Å²) in [6, 6.07) is 7.47. The first kappa shape index (κ1) is 14.6. The van der Waals surface area contributed by atoms with Gasteiger partial charge in [-0.25, -0.2) is 0 Å². The van der Waals surface area contributed by atoms with E-state index in [-0.39, 0.29) is 24.8 Å². The predicted octanol–water partition coefficient (Wildman–Crippen LogP) is -3.78. The van der Waals surface area contributed by atoms with E-state index in [1.165, 1.54) is 36.3 Å². The molecule has 0 saturated carbocycles. The number of fused-ring (bicyclic) bond motifs is 3. The Hall–Kier alpha value is -0.440. The highest BCUT2D eigenvalue weighted by molar-refractivity contribution is 5.60. The van der Waals surface area contributed by atoms with Crippen LogP contribution in [0.1, 0.15) is 23.5 Å². The van der Waals surface area contributed by atoms with Crippen LogP contribution in [0.2, 0.25) is 0 Å². The van der Waals surface area contributed by atoms with Crippen molar-refractivity contribution in [1.82, 2.24) is 4.90 Å². The van der Waals surface area contributed by atoms with Gasteiger partial charge in [0.1, 0.15) is 0 Å². The molecule has 1 aromatic rings. The first-order valence-corrected chi connectivity index (χ1v) is 5.79. The monoisotopic (exact) mass is 272 g/mol. The summed E-state index contributed by atoms with van der Waals surface area (Å²) in [5.41, 5.74) is 4.28. The van der Waals surface area contributed by atoms with E-state index in [1.807, 2.05) is 0 Å². The van der Waals surface area contributed by atoms with Crippen molar-refractivity contribution in [3.63, 3.8) is 0 Å². The molecule has 0 bridgehead atoms. The summed E-state index contributed by atoms with van der Waals surface area (Å²) >= 11 is 0. The molecule has 2 aliphatic rings. The molecule has 0 aromatic heterocycles. The molecule has 2 nitrogen and oxygen atoms in total. The lowest BCUT2D eigenvalue weighted by molar-refractivity contribution is -0.00100. The Morgan fingerprint density at radius 1 is 1.29 bits per heavy atom. The fraction of sp³-hybridized carbons (Fsp3) is 0.538. The standard InChI is InChI=1S/C13H18N2.2ClH/c1-9-3-4-12-10(7-9)11-8-15(2)6-5-13(11)14-12;;/h3-4,7,11,13-14H,5-6,8H2,1-2H3;2*1H/p-2. The number of likely N-dealkylation sites (N-methyl/N-ethyl adjacent to an activating group) is 1. The molecule has 0 spiro atoms. The van der Waals surface area contributed by atoms with Gasteiger partial charge in [0.2, 0.25) is 0 Å². The van der Waals surface area contributed by atoms with Crippen LogP contribution >= 0.6 is 0 Å². The Morgan fingerprint density at radius 2 is 2.06 bits per heavy atom. The number of nitrogens with zero attached hydrogens (tertiary/aromatic N) is 1. The smallest absolute Gasteiger partial charge is 0.0379 e. The third kappa shape index (κ3) is 2.54. The van der Waals surface area contributed by atoms with Crippen LogP contribution < -0.4 is 30.1 Å². The maximum absolute atomic E-state index is 3.66. The van der Waals surface area contributed by atoms with Crippen molar-refractivity contribution in [3.05, 3.63) is 29.3 Å². The summed E-state index contributed by atoms with van der Waals surface area (Å²) in [5.74, 6) is 0.707. The second-order valence-electron chi connectivity index (χ2n) is 5.00. The second kappa shape index (κ2) is 5.47. The number of benzene rings is 1. The lowest BCUT2D eigenvalue weighted by atomic mass is 9.89. The number of rotatable bonds is 0. The lowest BCUT2D eigenvalue weighted by Gasteiger charge is -2.32. The number of hydrogen-bond donors (Lipinski definition) is 1. The van der Waals surface area contributed by atoms with Crippen molar-refractivity contribution in [1.29, 1.82) is 0 Å². The summed E-state index contributed by atoms with van der Waals surface area (Å²) < 4.78 is 0. The average molecular weight is 273 g/mol. The SMILES string of the molecule is Cc1ccc2c(c1)C1CN(C)CCC1N2.[Cl-].[Cl-]. The van der Waals surface area contributed by atoms with Gasteiger partial charge in [0.25, 0.3) is 0 Å². The van der Waals surface area contributed by atoms with Crippen LogP contribution in [0, 0.1) is 6.92 Å². The second-order valence-corrected chi connectivity index (χ2v) is 5.00. The molecule has 2 aliphatic heterocycles. The fourth-order valence-corrected chi connectivity index (χ4v) is 2.92. The van der Waals surface area contributed by atoms with E-state index >= 15 is 0 Å². The Morgan fingerprint density at radius 3 is 2.82 bits per heavy atom. The molecule has 17 heavy (non-hydrogen) atoms. The van der Waals surface area contributed by atoms with E-state index in [0.29, 0.717) is 12.0 Å². The number of anilines is 1. The molecule has 0 radical (unpaired) electrons. The van der Waals surface area contributed by atoms with Crippen LogP contribution in [0.3, 0.4) is 0 Å². The predicted molar refractivity (Wildman–Crippen MR) is 63.4 cm³/mol. The van der Waals surface area contributed by atoms with Crippen LogP contribution in [-0.4, -0.2) is 31.1 Å². The van der Waals surface area contributed by atoms with E-state index in [9.17, 15) is 0 Å². The minimum atomic E-state index is 0. The summed E-state index contributed by atoms with van der Waals surface area (Å²) in [5, 5.41) is 3.66. The van der Waals surface area contributed by atoms with Gasteiger partial charge in [0.05, 0.1) is 0 Å². The van der Waals surface area contributed by atoms with Crippen LogP contribution in [0.15, 0.2) is 18.2 Å². The highest BCUT2D eigenvalue weighted by atomic mass is 35.5. The summed E-state index contributed by atoms with van der Waals surface area (Å²) in [4.78, 5) is 2.44. The van der Waals surface area contributed by atoms with Crippen molar-refractivity contribution >= 4 is 5.69 Å². The zero-order valence-corrected chi connectivity index (χ0v) is 11.7. The molecule has 96 valence electrons. The summed E-state index contributed by atoms with van der Waals surface area (Å²) in [6.07, 6.45) is 1.27. The lowest BCUT2D eigenvalue weighted by Crippen LogP contribution is -3.00. The minimum Gasteiger partial charge on any atom is -1.00 e. The van der Waals surface area contributed by atoms with Gasteiger partial charge in [0, 0.05) is 24.2 Å². The largest absolute Gasteiger partial charge is 1.00 e. The maximum Gasteiger partial charge on any atom is 0.0379 e. The molecule has 0 amide bonds. The third-order valence-electron chi connectivity index (χ3n) is 3.76. The molecule has 4 heteroatoms. The molecule has 1 N–H and O–H groups in total. The molecular formula is C13H18Cl2N2-2. The number of halogens is 2. The Bertz CT molecular complexity index is 395. The van der Waals surface area contributed by atoms with Crippen LogP contribution in [0.25, 0.3) is 0 Å². The minimum absolute atomic E-state index is 0. The van der Waals surface area contributed by atoms with E-state index < -0.39 is 0 Å². The van der Waals surface area contributed by atoms with Gasteiger partial charge in [-0.15, -0.1) is 0 Å². The van der Waals surface area contributed by atoms with Gasteiger partial charge in [-0.1, -0.05) is 17.7 Å². The average Bonchev–Trinajstić information content (AvgIpc) is 2.56. The van der Waals surface area contributed by atoms with Gasteiger partial charge in [-0.05, 0) is 38.6 Å². The number of piperidine rings is 1. The van der Waals surface area contributed by atoms with Crippen molar-refractivity contribution in [2.45, 2.75) is 25.3 Å². The van der Waals surface area contributed by atoms with E-state index in [2.05, 4.69) is 42.4 Å². The van der Waals surface area contributed by atoms with E-state index in [4.69, 9.17) is 0 Å². The van der Waals surface area contributed by atoms with Crippen LogP contribution in [-0.2, 0) is 0 Å². The molecule has 1 aromatic carbocycles. The van der Waals surface area contributed by atoms with Crippen molar-refractivity contribution in [3.8, 4) is 0 Å². The highest BCUT2D eigenvalue weighted by Crippen LogP contribution is 2.40. The van der Waals surface area contributed by atoms with E-state index in [0.717, 1.165) is 0 Å². The zero-order valence-electron chi connectivity index (χ0n) is 10.2. The van der Waals surface area contributed by atoms with Crippen LogP contribution in [0.5, 0.6) is 0 Å². The van der Waals surface area contributed by atoms with Crippen molar-refractivity contribution in [2.24, 2.45) is 0 Å². The molecule has 2 heterocycles. The number of nitrogens with one attached hydrogen (secondary N) is 1. The highest BCUT2D eigenvalue weighted by Gasteiger charge is 2.35. The summed E-state index contributed by atoms with van der Waals surface area (Å²) in [7, 11) is 2.23. The molecule has 3 rings (SSSR count). The van der Waals surface area contributed by atoms with Gasteiger partial charge in [-0.3, -0.25) is 0 Å². The first-order chi connectivity index (χ1) is 7.24. The topological polar surface area (TPSA) is 15.3 Å². The first-order valence-electron chi connectivity index (χ1n) is 5.79. The van der Waals surface area contributed by atoms with Gasteiger partial charge in [-0.2, -0.15) is 0 Å². The van der Waals surface area contributed by atoms with Gasteiger partial charge >= 0.3 is 0 Å². The number of likely N-dealkylation sites (tertiary alicyclic amines) is 1. The third-order valence-corrected chi connectivity index (χ3v) is 3.76. The van der Waals surface area contributed by atoms with Gasteiger partial charge in [0.15, 0.2) is 0 Å².